The van der Waals surface area contributed by atoms with E-state index >= 15 is 0 Å². The van der Waals surface area contributed by atoms with Gasteiger partial charge in [0.15, 0.2) is 4.96 Å². The smallest absolute Gasteiger partial charge is 0.264 e. The molecule has 1 aliphatic heterocycles. The van der Waals surface area contributed by atoms with Crippen LogP contribution in [-0.2, 0) is 6.54 Å². The minimum absolute atomic E-state index is 0.0759. The third-order valence-electron chi connectivity index (χ3n) is 4.46. The van der Waals surface area contributed by atoms with Gasteiger partial charge in [-0.25, -0.2) is 4.98 Å². The monoisotopic (exact) mass is 403 g/mol. The number of piperazine rings is 1. The number of nitrogens with zero attached hydrogens (tertiary/aromatic N) is 4. The molecule has 140 valence electrons. The van der Waals surface area contributed by atoms with Crippen molar-refractivity contribution < 1.29 is 9.59 Å². The van der Waals surface area contributed by atoms with Crippen LogP contribution in [0.25, 0.3) is 4.96 Å². The van der Waals surface area contributed by atoms with Gasteiger partial charge in [0.1, 0.15) is 0 Å². The second-order valence-corrected chi connectivity index (χ2v) is 8.19. The van der Waals surface area contributed by atoms with Crippen molar-refractivity contribution in [3.63, 3.8) is 0 Å². The van der Waals surface area contributed by atoms with E-state index in [0.717, 1.165) is 17.0 Å². The predicted octanol–water partition coefficient (Wildman–Crippen LogP) is 0.874. The number of hydrogen-bond acceptors (Lipinski definition) is 7. The van der Waals surface area contributed by atoms with Crippen molar-refractivity contribution in [3.8, 4) is 0 Å². The molecule has 1 saturated heterocycles. The van der Waals surface area contributed by atoms with Gasteiger partial charge in [0.25, 0.3) is 17.4 Å². The fourth-order valence-electron chi connectivity index (χ4n) is 3.05. The first-order valence-electron chi connectivity index (χ1n) is 8.38. The molecule has 2 N–H and O–H groups in total. The summed E-state index contributed by atoms with van der Waals surface area (Å²) in [5.41, 5.74) is 5.91. The number of amides is 2. The van der Waals surface area contributed by atoms with Gasteiger partial charge in [0, 0.05) is 50.4 Å². The minimum atomic E-state index is -0.519. The molecule has 0 bridgehead atoms. The van der Waals surface area contributed by atoms with E-state index in [1.54, 1.807) is 29.3 Å². The van der Waals surface area contributed by atoms with Crippen molar-refractivity contribution in [2.45, 2.75) is 6.54 Å². The van der Waals surface area contributed by atoms with Gasteiger partial charge in [-0.1, -0.05) is 0 Å². The van der Waals surface area contributed by atoms with Gasteiger partial charge in [0.2, 0.25) is 0 Å². The first kappa shape index (κ1) is 17.8. The maximum Gasteiger partial charge on any atom is 0.264 e. The number of thiazole rings is 1. The summed E-state index contributed by atoms with van der Waals surface area (Å²) in [5.74, 6) is -0.599. The van der Waals surface area contributed by atoms with Gasteiger partial charge in [-0.2, -0.15) is 0 Å². The van der Waals surface area contributed by atoms with E-state index in [4.69, 9.17) is 5.73 Å². The largest absolute Gasteiger partial charge is 0.365 e. The zero-order valence-corrected chi connectivity index (χ0v) is 16.0. The highest BCUT2D eigenvalue weighted by molar-refractivity contribution is 7.16. The Hall–Kier alpha value is -2.56. The molecule has 0 aromatic carbocycles. The van der Waals surface area contributed by atoms with E-state index in [2.05, 4.69) is 9.88 Å². The molecule has 0 spiro atoms. The van der Waals surface area contributed by atoms with E-state index in [0.29, 0.717) is 47.4 Å². The highest BCUT2D eigenvalue weighted by Gasteiger charge is 2.24. The molecule has 27 heavy (non-hydrogen) atoms. The van der Waals surface area contributed by atoms with Crippen molar-refractivity contribution >= 4 is 39.4 Å². The summed E-state index contributed by atoms with van der Waals surface area (Å²) in [4.78, 5) is 45.9. The maximum atomic E-state index is 12.6. The lowest BCUT2D eigenvalue weighted by Crippen LogP contribution is -2.48. The summed E-state index contributed by atoms with van der Waals surface area (Å²) in [5, 5.41) is 1.84. The number of thiophene rings is 1. The number of carbonyl (C=O) groups excluding carboxylic acids is 2. The Labute approximate surface area is 162 Å². The Balaban J connectivity index is 1.38. The molecule has 3 aromatic rings. The third-order valence-corrected chi connectivity index (χ3v) is 6.31. The summed E-state index contributed by atoms with van der Waals surface area (Å²) in [7, 11) is 0. The standard InChI is InChI=1S/C17H17N5O3S2/c18-15(24)12-1-2-13(27-12)16(25)21-5-3-20(4-6-21)10-11-9-14(23)22-7-8-26-17(22)19-11/h1-2,7-9H,3-6,10H2,(H2,18,24). The molecule has 0 aliphatic carbocycles. The molecule has 1 aliphatic rings. The van der Waals surface area contributed by atoms with E-state index in [-0.39, 0.29) is 11.5 Å². The Morgan fingerprint density at radius 2 is 1.89 bits per heavy atom. The number of primary amides is 1. The summed E-state index contributed by atoms with van der Waals surface area (Å²) >= 11 is 2.56. The molecular weight excluding hydrogens is 386 g/mol. The van der Waals surface area contributed by atoms with Crippen LogP contribution in [0.2, 0.25) is 0 Å². The van der Waals surface area contributed by atoms with Gasteiger partial charge in [-0.15, -0.1) is 22.7 Å². The summed E-state index contributed by atoms with van der Waals surface area (Å²) in [6.07, 6.45) is 1.72. The Bertz CT molecular complexity index is 1060. The molecule has 0 atom stereocenters. The normalized spacial score (nSPS) is 15.3. The zero-order chi connectivity index (χ0) is 19.0. The van der Waals surface area contributed by atoms with Crippen molar-refractivity contribution in [2.75, 3.05) is 26.2 Å². The Morgan fingerprint density at radius 3 is 2.59 bits per heavy atom. The lowest BCUT2D eigenvalue weighted by Gasteiger charge is -2.34. The molecule has 0 radical (unpaired) electrons. The van der Waals surface area contributed by atoms with Crippen LogP contribution in [0.15, 0.2) is 34.6 Å². The number of hydrogen-bond donors (Lipinski definition) is 1. The summed E-state index contributed by atoms with van der Waals surface area (Å²) in [6, 6.07) is 4.79. The number of aromatic nitrogens is 2. The molecule has 0 saturated carbocycles. The van der Waals surface area contributed by atoms with Crippen molar-refractivity contribution in [2.24, 2.45) is 5.73 Å². The first-order valence-corrected chi connectivity index (χ1v) is 10.1. The molecular formula is C17H17N5O3S2. The SMILES string of the molecule is NC(=O)c1ccc(C(=O)N2CCN(Cc3cc(=O)n4ccsc4n3)CC2)s1. The van der Waals surface area contributed by atoms with Crippen molar-refractivity contribution in [1.82, 2.24) is 19.2 Å². The number of rotatable bonds is 4. The van der Waals surface area contributed by atoms with E-state index in [1.807, 2.05) is 5.38 Å². The Morgan fingerprint density at radius 1 is 1.15 bits per heavy atom. The van der Waals surface area contributed by atoms with Crippen LogP contribution < -0.4 is 11.3 Å². The molecule has 0 unspecified atom stereocenters. The van der Waals surface area contributed by atoms with Gasteiger partial charge in [-0.3, -0.25) is 23.7 Å². The first-order chi connectivity index (χ1) is 13.0. The zero-order valence-electron chi connectivity index (χ0n) is 14.3. The topological polar surface area (TPSA) is 101 Å². The maximum absolute atomic E-state index is 12.6. The van der Waals surface area contributed by atoms with Gasteiger partial charge < -0.3 is 10.6 Å². The predicted molar refractivity (Wildman–Crippen MR) is 103 cm³/mol. The second kappa shape index (κ2) is 7.22. The molecule has 3 aromatic heterocycles. The van der Waals surface area contributed by atoms with Crippen molar-refractivity contribution in [3.05, 3.63) is 55.6 Å². The molecule has 8 nitrogen and oxygen atoms in total. The molecule has 10 heteroatoms. The lowest BCUT2D eigenvalue weighted by molar-refractivity contribution is 0.0632. The Kier molecular flexibility index (Phi) is 4.77. The second-order valence-electron chi connectivity index (χ2n) is 6.24. The number of carbonyl (C=O) groups is 2. The minimum Gasteiger partial charge on any atom is -0.365 e. The number of fused-ring (bicyclic) bond motifs is 1. The van der Waals surface area contributed by atoms with E-state index in [9.17, 15) is 14.4 Å². The summed E-state index contributed by atoms with van der Waals surface area (Å²) < 4.78 is 1.53. The highest BCUT2D eigenvalue weighted by Crippen LogP contribution is 2.19. The fraction of sp³-hybridized carbons (Fsp3) is 0.294. The van der Waals surface area contributed by atoms with E-state index < -0.39 is 5.91 Å². The van der Waals surface area contributed by atoms with Crippen LogP contribution in [0.1, 0.15) is 25.0 Å². The van der Waals surface area contributed by atoms with Crippen LogP contribution in [0.4, 0.5) is 0 Å². The van der Waals surface area contributed by atoms with Crippen molar-refractivity contribution in [1.29, 1.82) is 0 Å². The molecule has 2 amide bonds. The van der Waals surface area contributed by atoms with Crippen LogP contribution in [0, 0.1) is 0 Å². The van der Waals surface area contributed by atoms with Crippen LogP contribution >= 0.6 is 22.7 Å². The molecule has 4 heterocycles. The van der Waals surface area contributed by atoms with Gasteiger partial charge in [-0.05, 0) is 12.1 Å². The van der Waals surface area contributed by atoms with Crippen LogP contribution in [0.5, 0.6) is 0 Å². The summed E-state index contributed by atoms with van der Waals surface area (Å²) in [6.45, 7) is 3.15. The van der Waals surface area contributed by atoms with Crippen LogP contribution in [-0.4, -0.2) is 57.2 Å². The fourth-order valence-corrected chi connectivity index (χ4v) is 4.61. The average molecular weight is 403 g/mol. The highest BCUT2D eigenvalue weighted by atomic mass is 32.1. The van der Waals surface area contributed by atoms with Gasteiger partial charge in [0.05, 0.1) is 15.4 Å². The van der Waals surface area contributed by atoms with Gasteiger partial charge >= 0.3 is 0 Å². The van der Waals surface area contributed by atoms with Crippen LogP contribution in [0.3, 0.4) is 0 Å². The van der Waals surface area contributed by atoms with E-state index in [1.165, 1.54) is 15.7 Å². The molecule has 1 fully saturated rings. The lowest BCUT2D eigenvalue weighted by atomic mass is 10.2. The third kappa shape index (κ3) is 3.64. The average Bonchev–Trinajstić information content (AvgIpc) is 3.31. The quantitative estimate of drug-likeness (QED) is 0.697. The molecule has 4 rings (SSSR count). The number of nitrogens with two attached hydrogens (primary N) is 1.